The summed E-state index contributed by atoms with van der Waals surface area (Å²) in [5.74, 6) is 0.823. The van der Waals surface area contributed by atoms with E-state index in [9.17, 15) is 13.2 Å². The predicted octanol–water partition coefficient (Wildman–Crippen LogP) is 7.90. The fourth-order valence-corrected chi connectivity index (χ4v) is 4.32. The van der Waals surface area contributed by atoms with Gasteiger partial charge in [-0.15, -0.1) is 11.3 Å². The van der Waals surface area contributed by atoms with E-state index in [0.717, 1.165) is 43.4 Å². The number of nitrogens with one attached hydrogen (secondary N) is 1. The van der Waals surface area contributed by atoms with Crippen molar-refractivity contribution >= 4 is 39.4 Å². The van der Waals surface area contributed by atoms with Gasteiger partial charge in [0.25, 0.3) is 0 Å². The maximum atomic E-state index is 12.2. The lowest BCUT2D eigenvalue weighted by Crippen LogP contribution is -2.10. The van der Waals surface area contributed by atoms with E-state index in [2.05, 4.69) is 29.6 Å². The Morgan fingerprint density at radius 2 is 1.61 bits per heavy atom. The number of halogens is 3. The van der Waals surface area contributed by atoms with Crippen molar-refractivity contribution < 1.29 is 17.9 Å². The first kappa shape index (κ1) is 22.9. The first-order chi connectivity index (χ1) is 15.9. The molecule has 0 aliphatic rings. The molecule has 0 saturated carbocycles. The van der Waals surface area contributed by atoms with Crippen molar-refractivity contribution in [1.29, 1.82) is 0 Å². The lowest BCUT2D eigenvalue weighted by Gasteiger charge is -2.08. The number of alkyl halides is 3. The van der Waals surface area contributed by atoms with E-state index in [4.69, 9.17) is 9.72 Å². The van der Waals surface area contributed by atoms with Crippen molar-refractivity contribution in [2.75, 3.05) is 19.0 Å². The highest BCUT2D eigenvalue weighted by Crippen LogP contribution is 2.32. The summed E-state index contributed by atoms with van der Waals surface area (Å²) in [6, 6.07) is 21.7. The number of methoxy groups -OCH3 is 1. The predicted molar refractivity (Wildman–Crippen MR) is 131 cm³/mol. The largest absolute Gasteiger partial charge is 0.497 e. The number of fused-ring (bicyclic) bond motifs is 1. The molecule has 3 nitrogen and oxygen atoms in total. The van der Waals surface area contributed by atoms with Gasteiger partial charge in [0, 0.05) is 24.2 Å². The summed E-state index contributed by atoms with van der Waals surface area (Å²) in [4.78, 5) is 4.71. The summed E-state index contributed by atoms with van der Waals surface area (Å²) in [5.41, 5.74) is 4.91. The number of hydrogen-bond donors (Lipinski definition) is 1. The van der Waals surface area contributed by atoms with Gasteiger partial charge in [0.05, 0.1) is 17.3 Å². The molecule has 0 fully saturated rings. The molecule has 0 unspecified atom stereocenters. The average molecular weight is 469 g/mol. The third-order valence-corrected chi connectivity index (χ3v) is 6.17. The summed E-state index contributed by atoms with van der Waals surface area (Å²) in [7, 11) is 1.66. The minimum absolute atomic E-state index is 0.0619. The molecule has 0 spiro atoms. The van der Waals surface area contributed by atoms with Gasteiger partial charge in [-0.05, 0) is 47.9 Å². The molecular formula is C26H23F3N2OS. The Hall–Kier alpha value is -3.32. The zero-order valence-corrected chi connectivity index (χ0v) is 18.8. The SMILES string of the molecule is COc1ccc2nc(-c3ccc(C=Cc4ccc(NCCCC(F)(F)F)cc4)cc3)sc2c1. The van der Waals surface area contributed by atoms with Gasteiger partial charge in [-0.25, -0.2) is 4.98 Å². The highest BCUT2D eigenvalue weighted by molar-refractivity contribution is 7.21. The average Bonchev–Trinajstić information content (AvgIpc) is 3.24. The molecule has 4 rings (SSSR count). The molecule has 4 aromatic rings. The van der Waals surface area contributed by atoms with E-state index in [1.165, 1.54) is 0 Å². The number of rotatable bonds is 8. The maximum absolute atomic E-state index is 12.2. The second kappa shape index (κ2) is 10.1. The van der Waals surface area contributed by atoms with Crippen molar-refractivity contribution in [3.8, 4) is 16.3 Å². The molecule has 0 atom stereocenters. The van der Waals surface area contributed by atoms with Crippen LogP contribution in [0, 0.1) is 0 Å². The lowest BCUT2D eigenvalue weighted by molar-refractivity contribution is -0.134. The Labute approximate surface area is 194 Å². The van der Waals surface area contributed by atoms with E-state index in [1.54, 1.807) is 18.4 Å². The van der Waals surface area contributed by atoms with Crippen LogP contribution in [0.4, 0.5) is 18.9 Å². The third kappa shape index (κ3) is 6.35. The second-order valence-electron chi connectivity index (χ2n) is 7.58. The van der Waals surface area contributed by atoms with Crippen LogP contribution < -0.4 is 10.1 Å². The highest BCUT2D eigenvalue weighted by Gasteiger charge is 2.25. The molecule has 170 valence electrons. The first-order valence-electron chi connectivity index (χ1n) is 10.5. The number of thiazole rings is 1. The van der Waals surface area contributed by atoms with E-state index in [-0.39, 0.29) is 6.42 Å². The highest BCUT2D eigenvalue weighted by atomic mass is 32.1. The number of benzene rings is 3. The second-order valence-corrected chi connectivity index (χ2v) is 8.61. The summed E-state index contributed by atoms with van der Waals surface area (Å²) in [6.07, 6.45) is -0.776. The van der Waals surface area contributed by atoms with Gasteiger partial charge in [-0.2, -0.15) is 13.2 Å². The molecule has 0 aliphatic heterocycles. The van der Waals surface area contributed by atoms with Gasteiger partial charge < -0.3 is 10.1 Å². The molecule has 0 bridgehead atoms. The number of ether oxygens (including phenoxy) is 1. The summed E-state index contributed by atoms with van der Waals surface area (Å²) in [5, 5.41) is 3.98. The Morgan fingerprint density at radius 3 is 2.24 bits per heavy atom. The Morgan fingerprint density at radius 1 is 0.939 bits per heavy atom. The summed E-state index contributed by atoms with van der Waals surface area (Å²) >= 11 is 1.63. The fraction of sp³-hybridized carbons (Fsp3) is 0.192. The lowest BCUT2D eigenvalue weighted by atomic mass is 10.1. The topological polar surface area (TPSA) is 34.1 Å². The minimum Gasteiger partial charge on any atom is -0.497 e. The Kier molecular flexibility index (Phi) is 6.99. The molecule has 1 N–H and O–H groups in total. The number of hydrogen-bond acceptors (Lipinski definition) is 4. The van der Waals surface area contributed by atoms with Crippen LogP contribution in [0.3, 0.4) is 0 Å². The van der Waals surface area contributed by atoms with Crippen LogP contribution in [0.5, 0.6) is 5.75 Å². The van der Waals surface area contributed by atoms with Gasteiger partial charge in [0.1, 0.15) is 10.8 Å². The van der Waals surface area contributed by atoms with Crippen LogP contribution in [0.2, 0.25) is 0 Å². The monoisotopic (exact) mass is 468 g/mol. The Balaban J connectivity index is 1.35. The molecule has 0 aliphatic carbocycles. The van der Waals surface area contributed by atoms with Crippen molar-refractivity contribution in [2.24, 2.45) is 0 Å². The van der Waals surface area contributed by atoms with Crippen LogP contribution in [0.1, 0.15) is 24.0 Å². The fourth-order valence-electron chi connectivity index (χ4n) is 3.32. The van der Waals surface area contributed by atoms with E-state index < -0.39 is 12.6 Å². The van der Waals surface area contributed by atoms with Crippen molar-refractivity contribution in [2.45, 2.75) is 19.0 Å². The van der Waals surface area contributed by atoms with Crippen LogP contribution in [-0.2, 0) is 0 Å². The standard InChI is InChI=1S/C26H23F3N2OS/c1-32-22-13-14-23-24(17-22)33-25(31-23)20-9-5-18(6-10-20)3-4-19-7-11-21(12-8-19)30-16-2-15-26(27,28)29/h3-14,17,30H,2,15-16H2,1H3. The number of nitrogens with zero attached hydrogens (tertiary/aromatic N) is 1. The molecule has 0 radical (unpaired) electrons. The molecule has 1 aromatic heterocycles. The number of aromatic nitrogens is 1. The molecule has 0 saturated heterocycles. The summed E-state index contributed by atoms with van der Waals surface area (Å²) < 4.78 is 43.0. The van der Waals surface area contributed by atoms with Crippen molar-refractivity contribution in [1.82, 2.24) is 4.98 Å². The smallest absolute Gasteiger partial charge is 0.389 e. The van der Waals surface area contributed by atoms with E-state index >= 15 is 0 Å². The first-order valence-corrected chi connectivity index (χ1v) is 11.3. The van der Waals surface area contributed by atoms with Crippen LogP contribution >= 0.6 is 11.3 Å². The normalized spacial score (nSPS) is 11.9. The van der Waals surface area contributed by atoms with Crippen LogP contribution in [0.25, 0.3) is 32.9 Å². The molecule has 7 heteroatoms. The molecule has 33 heavy (non-hydrogen) atoms. The van der Waals surface area contributed by atoms with Gasteiger partial charge in [-0.3, -0.25) is 0 Å². The zero-order chi connectivity index (χ0) is 23.3. The quantitative estimate of drug-likeness (QED) is 0.211. The van der Waals surface area contributed by atoms with Crippen molar-refractivity contribution in [3.05, 3.63) is 77.9 Å². The van der Waals surface area contributed by atoms with E-state index in [0.29, 0.717) is 6.54 Å². The molecule has 1 heterocycles. The summed E-state index contributed by atoms with van der Waals surface area (Å²) in [6.45, 7) is 0.295. The number of anilines is 1. The van der Waals surface area contributed by atoms with Crippen molar-refractivity contribution in [3.63, 3.8) is 0 Å². The molecular weight excluding hydrogens is 445 g/mol. The molecule has 3 aromatic carbocycles. The van der Waals surface area contributed by atoms with Gasteiger partial charge in [0.15, 0.2) is 0 Å². The van der Waals surface area contributed by atoms with Crippen LogP contribution in [-0.4, -0.2) is 24.8 Å². The van der Waals surface area contributed by atoms with Crippen LogP contribution in [0.15, 0.2) is 66.7 Å². The zero-order valence-electron chi connectivity index (χ0n) is 18.0. The Bertz CT molecular complexity index is 1230. The minimum atomic E-state index is -4.10. The molecule has 0 amide bonds. The third-order valence-electron chi connectivity index (χ3n) is 5.10. The van der Waals surface area contributed by atoms with Gasteiger partial charge in [-0.1, -0.05) is 48.6 Å². The van der Waals surface area contributed by atoms with Gasteiger partial charge in [0.2, 0.25) is 0 Å². The van der Waals surface area contributed by atoms with Gasteiger partial charge >= 0.3 is 6.18 Å². The van der Waals surface area contributed by atoms with E-state index in [1.807, 2.05) is 54.6 Å². The maximum Gasteiger partial charge on any atom is 0.389 e.